The molecule has 0 saturated heterocycles. The van der Waals surface area contributed by atoms with Gasteiger partial charge >= 0.3 is 0 Å². The van der Waals surface area contributed by atoms with E-state index in [1.54, 1.807) is 0 Å². The first-order valence-corrected chi connectivity index (χ1v) is 7.98. The van der Waals surface area contributed by atoms with Crippen molar-refractivity contribution in [3.8, 4) is 0 Å². The molecule has 118 valence electrons. The van der Waals surface area contributed by atoms with Crippen LogP contribution in [0.15, 0.2) is 5.16 Å². The predicted octanol–water partition coefficient (Wildman–Crippen LogP) is 3.49. The Balaban J connectivity index is 2.16. The number of hydrogen-bond donors (Lipinski definition) is 3. The zero-order valence-electron chi connectivity index (χ0n) is 13.7. The SMILES string of the molecule is CC1(C)CCCC(NCCCCC(C)(C)C(N)=NO)C1. The second-order valence-corrected chi connectivity index (χ2v) is 7.74. The molecule has 1 fully saturated rings. The molecule has 0 heterocycles. The third-order valence-electron chi connectivity index (χ3n) is 4.67. The van der Waals surface area contributed by atoms with Crippen LogP contribution in [0.3, 0.4) is 0 Å². The standard InChI is InChI=1S/C16H33N3O/c1-15(2)9-7-8-13(12-15)18-11-6-5-10-16(3,4)14(17)19-20/h13,18,20H,5-12H2,1-4H3,(H2,17,19). The molecule has 0 spiro atoms. The maximum Gasteiger partial charge on any atom is 0.144 e. The third-order valence-corrected chi connectivity index (χ3v) is 4.67. The molecule has 0 aromatic carbocycles. The van der Waals surface area contributed by atoms with Crippen molar-refractivity contribution >= 4 is 5.84 Å². The number of amidine groups is 1. The van der Waals surface area contributed by atoms with E-state index in [0.29, 0.717) is 17.3 Å². The average Bonchev–Trinajstić information content (AvgIpc) is 2.36. The van der Waals surface area contributed by atoms with Crippen molar-refractivity contribution in [2.75, 3.05) is 6.54 Å². The second-order valence-electron chi connectivity index (χ2n) is 7.74. The molecule has 0 aromatic rings. The summed E-state index contributed by atoms with van der Waals surface area (Å²) >= 11 is 0. The summed E-state index contributed by atoms with van der Waals surface area (Å²) in [5, 5.41) is 15.6. The fraction of sp³-hybridized carbons (Fsp3) is 0.938. The minimum Gasteiger partial charge on any atom is -0.409 e. The van der Waals surface area contributed by atoms with E-state index in [4.69, 9.17) is 10.9 Å². The van der Waals surface area contributed by atoms with Gasteiger partial charge in [-0.15, -0.1) is 0 Å². The van der Waals surface area contributed by atoms with Gasteiger partial charge in [0.25, 0.3) is 0 Å². The molecule has 0 amide bonds. The number of nitrogens with one attached hydrogen (secondary N) is 1. The number of oxime groups is 1. The van der Waals surface area contributed by atoms with Crippen LogP contribution in [0, 0.1) is 10.8 Å². The molecule has 0 radical (unpaired) electrons. The molecule has 4 N–H and O–H groups in total. The summed E-state index contributed by atoms with van der Waals surface area (Å²) in [5.41, 5.74) is 5.99. The largest absolute Gasteiger partial charge is 0.409 e. The predicted molar refractivity (Wildman–Crippen MR) is 85.1 cm³/mol. The zero-order valence-corrected chi connectivity index (χ0v) is 13.7. The summed E-state index contributed by atoms with van der Waals surface area (Å²) in [6, 6.07) is 0.691. The molecular weight excluding hydrogens is 250 g/mol. The van der Waals surface area contributed by atoms with E-state index in [0.717, 1.165) is 25.8 Å². The van der Waals surface area contributed by atoms with Gasteiger partial charge in [0.05, 0.1) is 0 Å². The maximum atomic E-state index is 8.74. The van der Waals surface area contributed by atoms with E-state index in [-0.39, 0.29) is 5.41 Å². The van der Waals surface area contributed by atoms with Crippen LogP contribution in [0.1, 0.15) is 72.6 Å². The Kier molecular flexibility index (Phi) is 6.31. The molecule has 0 aromatic heterocycles. The summed E-state index contributed by atoms with van der Waals surface area (Å²) in [6.45, 7) is 9.88. The first-order valence-electron chi connectivity index (χ1n) is 7.98. The lowest BCUT2D eigenvalue weighted by molar-refractivity contribution is 0.198. The molecule has 1 rings (SSSR count). The van der Waals surface area contributed by atoms with Crippen LogP contribution in [0.5, 0.6) is 0 Å². The van der Waals surface area contributed by atoms with Crippen molar-refractivity contribution in [2.24, 2.45) is 21.7 Å². The lowest BCUT2D eigenvalue weighted by atomic mass is 9.75. The first-order chi connectivity index (χ1) is 9.27. The van der Waals surface area contributed by atoms with Crippen LogP contribution in [0.2, 0.25) is 0 Å². The van der Waals surface area contributed by atoms with Gasteiger partial charge in [0.15, 0.2) is 0 Å². The quantitative estimate of drug-likeness (QED) is 0.220. The minimum atomic E-state index is -0.207. The van der Waals surface area contributed by atoms with Gasteiger partial charge < -0.3 is 16.3 Å². The van der Waals surface area contributed by atoms with Crippen molar-refractivity contribution < 1.29 is 5.21 Å². The number of rotatable bonds is 7. The van der Waals surface area contributed by atoms with Gasteiger partial charge in [0.2, 0.25) is 0 Å². The third kappa shape index (κ3) is 5.70. The molecule has 1 saturated carbocycles. The monoisotopic (exact) mass is 283 g/mol. The number of nitrogens with two attached hydrogens (primary N) is 1. The second kappa shape index (κ2) is 7.30. The molecule has 0 bridgehead atoms. The van der Waals surface area contributed by atoms with Crippen LogP contribution in [-0.4, -0.2) is 23.6 Å². The van der Waals surface area contributed by atoms with Gasteiger partial charge in [-0.3, -0.25) is 0 Å². The van der Waals surface area contributed by atoms with Crippen LogP contribution < -0.4 is 11.1 Å². The lowest BCUT2D eigenvalue weighted by Gasteiger charge is -2.35. The minimum absolute atomic E-state index is 0.207. The Labute approximate surface area is 124 Å². The molecule has 4 heteroatoms. The van der Waals surface area contributed by atoms with Gasteiger partial charge in [-0.1, -0.05) is 45.7 Å². The fourth-order valence-electron chi connectivity index (χ4n) is 3.13. The molecular formula is C16H33N3O. The van der Waals surface area contributed by atoms with Gasteiger partial charge in [-0.2, -0.15) is 0 Å². The summed E-state index contributed by atoms with van der Waals surface area (Å²) < 4.78 is 0. The molecule has 20 heavy (non-hydrogen) atoms. The lowest BCUT2D eigenvalue weighted by Crippen LogP contribution is -2.37. The first kappa shape index (κ1) is 17.3. The summed E-state index contributed by atoms with van der Waals surface area (Å²) in [6.07, 6.45) is 8.54. The van der Waals surface area contributed by atoms with Crippen molar-refractivity contribution in [1.29, 1.82) is 0 Å². The Bertz CT molecular complexity index is 324. The highest BCUT2D eigenvalue weighted by Crippen LogP contribution is 2.35. The summed E-state index contributed by atoms with van der Waals surface area (Å²) in [5.74, 6) is 0.333. The Morgan fingerprint density at radius 1 is 1.40 bits per heavy atom. The number of hydrogen-bond acceptors (Lipinski definition) is 3. The normalized spacial score (nSPS) is 23.8. The van der Waals surface area contributed by atoms with E-state index < -0.39 is 0 Å². The van der Waals surface area contributed by atoms with Gasteiger partial charge in [0, 0.05) is 11.5 Å². The van der Waals surface area contributed by atoms with Crippen molar-refractivity contribution in [3.05, 3.63) is 0 Å². The maximum absolute atomic E-state index is 8.74. The van der Waals surface area contributed by atoms with E-state index >= 15 is 0 Å². The van der Waals surface area contributed by atoms with Crippen LogP contribution in [0.25, 0.3) is 0 Å². The van der Waals surface area contributed by atoms with Crippen molar-refractivity contribution in [2.45, 2.75) is 78.7 Å². The van der Waals surface area contributed by atoms with Crippen molar-refractivity contribution in [1.82, 2.24) is 5.32 Å². The highest BCUT2D eigenvalue weighted by atomic mass is 16.4. The molecule has 1 atom stereocenters. The number of unbranched alkanes of at least 4 members (excludes halogenated alkanes) is 1. The van der Waals surface area contributed by atoms with E-state index in [9.17, 15) is 0 Å². The molecule has 1 aliphatic carbocycles. The zero-order chi connectivity index (χ0) is 15.2. The Morgan fingerprint density at radius 3 is 2.70 bits per heavy atom. The van der Waals surface area contributed by atoms with E-state index in [1.807, 2.05) is 13.8 Å². The average molecular weight is 283 g/mol. The van der Waals surface area contributed by atoms with Gasteiger partial charge in [-0.05, 0) is 44.1 Å². The Morgan fingerprint density at radius 2 is 2.10 bits per heavy atom. The summed E-state index contributed by atoms with van der Waals surface area (Å²) in [7, 11) is 0. The highest BCUT2D eigenvalue weighted by Gasteiger charge is 2.27. The molecule has 4 nitrogen and oxygen atoms in total. The summed E-state index contributed by atoms with van der Waals surface area (Å²) in [4.78, 5) is 0. The van der Waals surface area contributed by atoms with Crippen LogP contribution >= 0.6 is 0 Å². The van der Waals surface area contributed by atoms with E-state index in [2.05, 4.69) is 24.3 Å². The molecule has 1 unspecified atom stereocenters. The molecule has 1 aliphatic rings. The van der Waals surface area contributed by atoms with Gasteiger partial charge in [0.1, 0.15) is 5.84 Å². The van der Waals surface area contributed by atoms with Crippen LogP contribution in [0.4, 0.5) is 0 Å². The number of nitrogens with zero attached hydrogens (tertiary/aromatic N) is 1. The topological polar surface area (TPSA) is 70.6 Å². The fourth-order valence-corrected chi connectivity index (χ4v) is 3.13. The molecule has 0 aliphatic heterocycles. The highest BCUT2D eigenvalue weighted by molar-refractivity contribution is 5.85. The van der Waals surface area contributed by atoms with E-state index in [1.165, 1.54) is 25.7 Å². The smallest absolute Gasteiger partial charge is 0.144 e. The Hall–Kier alpha value is -0.770. The van der Waals surface area contributed by atoms with Gasteiger partial charge in [-0.25, -0.2) is 0 Å². The van der Waals surface area contributed by atoms with Crippen LogP contribution in [-0.2, 0) is 0 Å². The van der Waals surface area contributed by atoms with Crippen molar-refractivity contribution in [3.63, 3.8) is 0 Å².